The van der Waals surface area contributed by atoms with Gasteiger partial charge < -0.3 is 9.80 Å². The minimum absolute atomic E-state index is 0.120. The largest absolute Gasteiger partial charge is 0.372 e. The van der Waals surface area contributed by atoms with Crippen LogP contribution in [0.1, 0.15) is 67.4 Å². The number of anilines is 3. The van der Waals surface area contributed by atoms with E-state index in [1.807, 2.05) is 23.6 Å². The van der Waals surface area contributed by atoms with Gasteiger partial charge in [0.15, 0.2) is 5.13 Å². The molecule has 210 valence electrons. The summed E-state index contributed by atoms with van der Waals surface area (Å²) in [7, 11) is 0. The lowest BCUT2D eigenvalue weighted by molar-refractivity contribution is 0.102. The Bertz CT molecular complexity index is 1260. The fraction of sp³-hybridized carbons (Fsp3) is 0.533. The van der Waals surface area contributed by atoms with E-state index >= 15 is 0 Å². The molecule has 1 saturated carbocycles. The molecule has 1 N–H and O–H groups in total. The van der Waals surface area contributed by atoms with Crippen molar-refractivity contribution in [1.82, 2.24) is 9.88 Å². The first-order chi connectivity index (χ1) is 18.9. The van der Waals surface area contributed by atoms with Crippen molar-refractivity contribution in [2.45, 2.75) is 65.8 Å². The number of nitrogens with one attached hydrogen (secondary N) is 1. The lowest BCUT2D eigenvalue weighted by Crippen LogP contribution is -2.50. The summed E-state index contributed by atoms with van der Waals surface area (Å²) in [6.45, 7) is 14.5. The Morgan fingerprint density at radius 3 is 2.31 bits per heavy atom. The highest BCUT2D eigenvalue weighted by atomic mass is 35.5. The molecule has 0 radical (unpaired) electrons. The zero-order valence-electron chi connectivity index (χ0n) is 23.6. The molecule has 5 rings (SSSR count). The second kappa shape index (κ2) is 12.6. The van der Waals surface area contributed by atoms with Crippen molar-refractivity contribution >= 4 is 56.0 Å². The lowest BCUT2D eigenvalue weighted by atomic mass is 9.94. The molecule has 0 unspecified atom stereocenters. The quantitative estimate of drug-likeness (QED) is 0.293. The molecule has 6 nitrogen and oxygen atoms in total. The van der Waals surface area contributed by atoms with E-state index in [-0.39, 0.29) is 5.91 Å². The van der Waals surface area contributed by atoms with E-state index < -0.39 is 0 Å². The van der Waals surface area contributed by atoms with E-state index in [4.69, 9.17) is 16.6 Å². The molecule has 1 saturated heterocycles. The van der Waals surface area contributed by atoms with Crippen molar-refractivity contribution < 1.29 is 4.79 Å². The van der Waals surface area contributed by atoms with Gasteiger partial charge in [-0.05, 0) is 69.9 Å². The van der Waals surface area contributed by atoms with E-state index in [9.17, 15) is 4.79 Å². The number of thiophene rings is 1. The molecular formula is C30H40ClN5OS2. The van der Waals surface area contributed by atoms with Crippen LogP contribution in [0, 0.1) is 13.8 Å². The van der Waals surface area contributed by atoms with Crippen LogP contribution in [0.5, 0.6) is 0 Å². The average molecular weight is 586 g/mol. The summed E-state index contributed by atoms with van der Waals surface area (Å²) in [6.07, 6.45) is 6.79. The van der Waals surface area contributed by atoms with E-state index in [0.717, 1.165) is 77.0 Å². The van der Waals surface area contributed by atoms with Gasteiger partial charge in [0.2, 0.25) is 0 Å². The molecule has 2 fully saturated rings. The molecule has 2 aliphatic rings. The molecule has 1 aromatic carbocycles. The molecule has 1 aliphatic heterocycles. The molecule has 3 heterocycles. The second-order valence-electron chi connectivity index (χ2n) is 10.7. The topological polar surface area (TPSA) is 51.7 Å². The predicted octanol–water partition coefficient (Wildman–Crippen LogP) is 7.70. The van der Waals surface area contributed by atoms with Gasteiger partial charge in [-0.1, -0.05) is 42.2 Å². The van der Waals surface area contributed by atoms with Crippen LogP contribution in [-0.2, 0) is 0 Å². The highest BCUT2D eigenvalue weighted by Gasteiger charge is 2.28. The summed E-state index contributed by atoms with van der Waals surface area (Å²) in [5, 5.41) is 7.54. The maximum Gasteiger partial charge on any atom is 0.257 e. The highest BCUT2D eigenvalue weighted by molar-refractivity contribution is 7.21. The van der Waals surface area contributed by atoms with Crippen LogP contribution in [0.3, 0.4) is 0 Å². The molecule has 1 amide bonds. The number of halogens is 1. The molecule has 39 heavy (non-hydrogen) atoms. The first-order valence-corrected chi connectivity index (χ1v) is 16.4. The number of nitrogens with zero attached hydrogens (tertiary/aromatic N) is 4. The van der Waals surface area contributed by atoms with Crippen LogP contribution in [0.15, 0.2) is 23.6 Å². The third kappa shape index (κ3) is 6.29. The smallest absolute Gasteiger partial charge is 0.257 e. The van der Waals surface area contributed by atoms with Gasteiger partial charge in [-0.2, -0.15) is 0 Å². The van der Waals surface area contributed by atoms with Gasteiger partial charge in [-0.3, -0.25) is 15.0 Å². The Balaban J connectivity index is 1.36. The van der Waals surface area contributed by atoms with Crippen molar-refractivity contribution in [2.24, 2.45) is 0 Å². The maximum absolute atomic E-state index is 13.4. The van der Waals surface area contributed by atoms with Gasteiger partial charge in [0.05, 0.1) is 9.90 Å². The van der Waals surface area contributed by atoms with Gasteiger partial charge in [0, 0.05) is 61.9 Å². The molecular weight excluding hydrogens is 546 g/mol. The Morgan fingerprint density at radius 2 is 1.72 bits per heavy atom. The van der Waals surface area contributed by atoms with Crippen LogP contribution >= 0.6 is 34.3 Å². The Labute approximate surface area is 246 Å². The number of hydrogen-bond donors (Lipinski definition) is 1. The van der Waals surface area contributed by atoms with Crippen LogP contribution < -0.4 is 15.1 Å². The normalized spacial score (nSPS) is 17.0. The fourth-order valence-electron chi connectivity index (χ4n) is 6.21. The Morgan fingerprint density at radius 1 is 1.05 bits per heavy atom. The fourth-order valence-corrected chi connectivity index (χ4v) is 8.37. The summed E-state index contributed by atoms with van der Waals surface area (Å²) >= 11 is 9.48. The van der Waals surface area contributed by atoms with E-state index in [0.29, 0.717) is 10.7 Å². The minimum atomic E-state index is -0.120. The van der Waals surface area contributed by atoms with Gasteiger partial charge in [0.1, 0.15) is 10.7 Å². The zero-order valence-corrected chi connectivity index (χ0v) is 25.9. The number of aromatic nitrogens is 1. The molecule has 3 aromatic rings. The summed E-state index contributed by atoms with van der Waals surface area (Å²) in [4.78, 5) is 26.8. The van der Waals surface area contributed by atoms with Crippen molar-refractivity contribution in [2.75, 3.05) is 54.4 Å². The number of benzene rings is 1. The molecule has 2 aromatic heterocycles. The molecule has 1 aliphatic carbocycles. The summed E-state index contributed by atoms with van der Waals surface area (Å²) in [6, 6.07) is 6.71. The maximum atomic E-state index is 13.4. The SMILES string of the molecule is CCN(CC)c1c(C)cc(C(=O)Nc2nc(-c3cc(Cl)cs3)c(N3CCN(C4CCCCC4)CC3)s2)cc1C. The van der Waals surface area contributed by atoms with Gasteiger partial charge in [-0.15, -0.1) is 11.3 Å². The van der Waals surface area contributed by atoms with E-state index in [1.54, 1.807) is 22.7 Å². The zero-order chi connectivity index (χ0) is 27.5. The van der Waals surface area contributed by atoms with E-state index in [2.05, 4.69) is 47.7 Å². The minimum Gasteiger partial charge on any atom is -0.372 e. The molecule has 0 bridgehead atoms. The summed E-state index contributed by atoms with van der Waals surface area (Å²) in [5.74, 6) is -0.120. The summed E-state index contributed by atoms with van der Waals surface area (Å²) < 4.78 is 0. The van der Waals surface area contributed by atoms with Gasteiger partial charge in [0.25, 0.3) is 5.91 Å². The first kappa shape index (κ1) is 28.4. The van der Waals surface area contributed by atoms with Crippen molar-refractivity contribution in [3.05, 3.63) is 45.3 Å². The summed E-state index contributed by atoms with van der Waals surface area (Å²) in [5.41, 5.74) is 5.04. The van der Waals surface area contributed by atoms with Gasteiger partial charge in [-0.25, -0.2) is 4.98 Å². The lowest BCUT2D eigenvalue weighted by Gasteiger charge is -2.41. The molecule has 0 spiro atoms. The number of carbonyl (C=O) groups excluding carboxylic acids is 1. The third-order valence-electron chi connectivity index (χ3n) is 8.16. The third-order valence-corrected chi connectivity index (χ3v) is 10.5. The molecule has 0 atom stereocenters. The van der Waals surface area contributed by atoms with Crippen LogP contribution in [0.25, 0.3) is 10.6 Å². The Hall–Kier alpha value is -2.13. The number of hydrogen-bond acceptors (Lipinski definition) is 7. The first-order valence-electron chi connectivity index (χ1n) is 14.3. The number of thiazole rings is 1. The number of rotatable bonds is 8. The van der Waals surface area contributed by atoms with Crippen LogP contribution in [0.2, 0.25) is 5.02 Å². The number of carbonyl (C=O) groups is 1. The second-order valence-corrected chi connectivity index (χ2v) is 13.0. The van der Waals surface area contributed by atoms with Gasteiger partial charge >= 0.3 is 0 Å². The monoisotopic (exact) mass is 585 g/mol. The number of aryl methyl sites for hydroxylation is 2. The van der Waals surface area contributed by atoms with Crippen molar-refractivity contribution in [3.63, 3.8) is 0 Å². The average Bonchev–Trinajstić information content (AvgIpc) is 3.57. The van der Waals surface area contributed by atoms with Crippen LogP contribution in [0.4, 0.5) is 15.8 Å². The highest BCUT2D eigenvalue weighted by Crippen LogP contribution is 2.42. The van der Waals surface area contributed by atoms with E-state index in [1.165, 1.54) is 37.8 Å². The van der Waals surface area contributed by atoms with Crippen molar-refractivity contribution in [1.29, 1.82) is 0 Å². The number of amides is 1. The Kier molecular flexibility index (Phi) is 9.16. The van der Waals surface area contributed by atoms with Crippen molar-refractivity contribution in [3.8, 4) is 10.6 Å². The van der Waals surface area contributed by atoms with Crippen LogP contribution in [-0.4, -0.2) is 61.1 Å². The molecule has 9 heteroatoms. The standard InChI is InChI=1S/C30H40ClN5OS2/c1-5-34(6-2)27-20(3)16-22(17-21(27)4)28(37)33-30-32-26(25-18-23(31)19-38-25)29(39-30)36-14-12-35(13-15-36)24-10-8-7-9-11-24/h16-19,24H,5-15H2,1-4H3,(H,32,33,37). The number of piperazine rings is 1. The predicted molar refractivity (Wildman–Crippen MR) is 169 cm³/mol.